The number of benzene rings is 2. The molecule has 10 nitrogen and oxygen atoms in total. The Morgan fingerprint density at radius 1 is 1.07 bits per heavy atom. The third-order valence-corrected chi connectivity index (χ3v) is 14.9. The smallest absolute Gasteiger partial charge is 0.264 e. The summed E-state index contributed by atoms with van der Waals surface area (Å²) in [6.45, 7) is 16.7. The highest BCUT2D eigenvalue weighted by Gasteiger charge is 2.49. The summed E-state index contributed by atoms with van der Waals surface area (Å²) in [5.74, 6) is -0.203. The van der Waals surface area contributed by atoms with Crippen LogP contribution in [0, 0.1) is 17.8 Å². The predicted molar refractivity (Wildman–Crippen MR) is 215 cm³/mol. The van der Waals surface area contributed by atoms with Gasteiger partial charge in [0.15, 0.2) is 6.29 Å². The first-order chi connectivity index (χ1) is 25.6. The van der Waals surface area contributed by atoms with Crippen molar-refractivity contribution in [3.8, 4) is 5.75 Å². The monoisotopic (exact) mass is 782 g/mol. The van der Waals surface area contributed by atoms with Crippen LogP contribution in [0.25, 0.3) is 0 Å². The molecule has 3 heterocycles. The van der Waals surface area contributed by atoms with Crippen molar-refractivity contribution in [1.29, 1.82) is 0 Å². The molecular formula is C42H59ClN4O6S. The Kier molecular flexibility index (Phi) is 12.3. The first-order valence-corrected chi connectivity index (χ1v) is 21.6. The average molecular weight is 783 g/mol. The molecule has 2 aliphatic carbocycles. The number of allylic oxidation sites excluding steroid dienone is 1. The van der Waals surface area contributed by atoms with Crippen LogP contribution in [-0.4, -0.2) is 94.9 Å². The quantitative estimate of drug-likeness (QED) is 0.273. The summed E-state index contributed by atoms with van der Waals surface area (Å²) in [6, 6.07) is 11.3. The van der Waals surface area contributed by atoms with Crippen molar-refractivity contribution in [2.24, 2.45) is 17.8 Å². The number of methoxy groups -OCH3 is 1. The molecule has 2 fully saturated rings. The van der Waals surface area contributed by atoms with Crippen LogP contribution in [0.5, 0.6) is 5.75 Å². The zero-order chi connectivity index (χ0) is 38.9. The Morgan fingerprint density at radius 3 is 2.48 bits per heavy atom. The third kappa shape index (κ3) is 8.41. The van der Waals surface area contributed by atoms with Crippen LogP contribution in [-0.2, 0) is 31.4 Å². The van der Waals surface area contributed by atoms with Crippen LogP contribution < -0.4 is 19.7 Å². The second kappa shape index (κ2) is 16.3. The molecule has 0 aromatic heterocycles. The fourth-order valence-electron chi connectivity index (χ4n) is 9.02. The summed E-state index contributed by atoms with van der Waals surface area (Å²) < 4.78 is 41.3. The topological polar surface area (TPSA) is 117 Å². The number of rotatable bonds is 2. The summed E-state index contributed by atoms with van der Waals surface area (Å²) in [5, 5.41) is 3.22. The molecule has 6 atom stereocenters. The number of carbonyl (C=O) groups excluding carboxylic acids is 2. The number of aryl methyl sites for hydroxylation is 1. The summed E-state index contributed by atoms with van der Waals surface area (Å²) in [5.41, 5.74) is 2.41. The van der Waals surface area contributed by atoms with E-state index < -0.39 is 26.8 Å². The minimum Gasteiger partial charge on any atom is -0.490 e. The lowest BCUT2D eigenvalue weighted by molar-refractivity contribution is -0.135. The lowest BCUT2D eigenvalue weighted by Gasteiger charge is -2.48. The van der Waals surface area contributed by atoms with Gasteiger partial charge in [-0.05, 0) is 126 Å². The second-order valence-corrected chi connectivity index (χ2v) is 19.6. The van der Waals surface area contributed by atoms with E-state index in [0.29, 0.717) is 42.4 Å². The minimum absolute atomic E-state index is 0.0434. The molecule has 296 valence electrons. The first-order valence-electron chi connectivity index (χ1n) is 19.6. The highest BCUT2D eigenvalue weighted by atomic mass is 35.5. The van der Waals surface area contributed by atoms with Gasteiger partial charge < -0.3 is 19.7 Å². The zero-order valence-corrected chi connectivity index (χ0v) is 34.4. The highest BCUT2D eigenvalue weighted by Crippen LogP contribution is 2.48. The van der Waals surface area contributed by atoms with Gasteiger partial charge in [0.05, 0.1) is 17.5 Å². The van der Waals surface area contributed by atoms with E-state index in [1.165, 1.54) is 24.2 Å². The fraction of sp³-hybridized carbons (Fsp3) is 0.619. The number of anilines is 1. The maximum absolute atomic E-state index is 13.4. The molecule has 54 heavy (non-hydrogen) atoms. The maximum atomic E-state index is 13.4. The van der Waals surface area contributed by atoms with Gasteiger partial charge in [0.2, 0.25) is 10.0 Å². The minimum atomic E-state index is -3.97. The summed E-state index contributed by atoms with van der Waals surface area (Å²) >= 11 is 6.40. The molecule has 2 N–H and O–H groups in total. The molecular weight excluding hydrogens is 724 g/mol. The molecule has 7 rings (SSSR count). The number of sulfonamides is 1. The van der Waals surface area contributed by atoms with Crippen molar-refractivity contribution in [1.82, 2.24) is 14.9 Å². The first kappa shape index (κ1) is 40.7. The van der Waals surface area contributed by atoms with E-state index in [2.05, 4.69) is 52.7 Å². The largest absolute Gasteiger partial charge is 0.490 e. The van der Waals surface area contributed by atoms with Gasteiger partial charge in [-0.1, -0.05) is 30.7 Å². The average Bonchev–Trinajstić information content (AvgIpc) is 3.28. The number of nitrogens with zero attached hydrogens (tertiary/aromatic N) is 2. The van der Waals surface area contributed by atoms with Gasteiger partial charge in [-0.25, -0.2) is 13.1 Å². The number of nitrogens with one attached hydrogen (secondary N) is 2. The number of ether oxygens (including phenoxy) is 2. The van der Waals surface area contributed by atoms with Crippen molar-refractivity contribution >= 4 is 39.5 Å². The Balaban J connectivity index is 0.000000432. The fourth-order valence-corrected chi connectivity index (χ4v) is 10.5. The summed E-state index contributed by atoms with van der Waals surface area (Å²) in [7, 11) is -2.41. The third-order valence-electron chi connectivity index (χ3n) is 12.8. The van der Waals surface area contributed by atoms with Gasteiger partial charge in [0, 0.05) is 73.8 Å². The van der Waals surface area contributed by atoms with E-state index in [1.54, 1.807) is 32.2 Å². The Labute approximate surface area is 327 Å². The number of fused-ring (bicyclic) bond motifs is 4. The molecule has 2 bridgehead atoms. The Morgan fingerprint density at radius 2 is 1.83 bits per heavy atom. The Hall–Kier alpha value is -2.96. The molecule has 1 saturated carbocycles. The van der Waals surface area contributed by atoms with E-state index >= 15 is 0 Å². The standard InChI is InChI=1S/C34H41ClN2O6S.C8H18N2/c1-22-6-4-15-34(20-38,42-3)29-11-8-26(29)18-37-19-33(14-5-7-24-16-27(35)10-12-28(24)33)21-43-31-13-9-25(17-30(31)37)32(39)36-44(40,41)23(22)2;1-8(2,3)10-6-4-9-5-7-10/h4,9-10,12-13,15-17,20,22-23,26,29H,5-8,11,14,18-19,21H2,1-3H3,(H,36,39);9H,4-7H2,1-3H3/b15-4+;/t22-,23+,26-,29+,33-,34+;/m0./s1. The van der Waals surface area contributed by atoms with E-state index in [-0.39, 0.29) is 28.7 Å². The van der Waals surface area contributed by atoms with Gasteiger partial charge >= 0.3 is 0 Å². The number of piperazine rings is 1. The van der Waals surface area contributed by atoms with Crippen molar-refractivity contribution < 1.29 is 27.5 Å². The molecule has 12 heteroatoms. The van der Waals surface area contributed by atoms with Crippen molar-refractivity contribution in [3.05, 3.63) is 70.3 Å². The molecule has 1 spiro atoms. The number of hydrogen-bond donors (Lipinski definition) is 2. The molecule has 5 aliphatic rings. The molecule has 0 unspecified atom stereocenters. The number of amides is 1. The van der Waals surface area contributed by atoms with E-state index in [0.717, 1.165) is 57.2 Å². The normalized spacial score (nSPS) is 31.9. The molecule has 1 saturated heterocycles. The van der Waals surface area contributed by atoms with Gasteiger partial charge in [-0.3, -0.25) is 14.5 Å². The molecule has 2 aromatic rings. The number of halogens is 1. The van der Waals surface area contributed by atoms with Gasteiger partial charge in [-0.2, -0.15) is 0 Å². The number of hydrogen-bond acceptors (Lipinski definition) is 9. The predicted octanol–water partition coefficient (Wildman–Crippen LogP) is 6.16. The van der Waals surface area contributed by atoms with Crippen LogP contribution in [0.15, 0.2) is 48.6 Å². The second-order valence-electron chi connectivity index (χ2n) is 17.1. The van der Waals surface area contributed by atoms with Crippen LogP contribution in [0.1, 0.15) is 88.2 Å². The van der Waals surface area contributed by atoms with Crippen LogP contribution >= 0.6 is 11.6 Å². The molecule has 2 aromatic carbocycles. The summed E-state index contributed by atoms with van der Waals surface area (Å²) in [6.07, 6.45) is 9.65. The zero-order valence-electron chi connectivity index (χ0n) is 32.8. The van der Waals surface area contributed by atoms with Gasteiger partial charge in [0.25, 0.3) is 5.91 Å². The van der Waals surface area contributed by atoms with Crippen molar-refractivity contribution in [2.45, 2.75) is 94.9 Å². The lowest BCUT2D eigenvalue weighted by atomic mass is 9.64. The SMILES string of the molecule is CC(C)(C)N1CCNCC1.CO[C@@]1(C=O)/C=C/C[C@H](C)[C@@H](C)S(=O)(=O)NC(=O)c2ccc3c(c2)N(C[C@@H]2CC[C@H]21)C[C@@]1(CCCc2cc(Cl)ccc21)CO3. The van der Waals surface area contributed by atoms with Crippen LogP contribution in [0.3, 0.4) is 0 Å². The van der Waals surface area contributed by atoms with Crippen molar-refractivity contribution in [2.75, 3.05) is 57.9 Å². The molecule has 3 aliphatic heterocycles. The van der Waals surface area contributed by atoms with Crippen molar-refractivity contribution in [3.63, 3.8) is 0 Å². The number of carbonyl (C=O) groups is 2. The van der Waals surface area contributed by atoms with Gasteiger partial charge in [-0.15, -0.1) is 0 Å². The van der Waals surface area contributed by atoms with E-state index in [9.17, 15) is 18.0 Å². The van der Waals surface area contributed by atoms with Crippen LogP contribution in [0.4, 0.5) is 5.69 Å². The summed E-state index contributed by atoms with van der Waals surface area (Å²) in [4.78, 5) is 30.9. The van der Waals surface area contributed by atoms with E-state index in [4.69, 9.17) is 21.1 Å². The van der Waals surface area contributed by atoms with Crippen LogP contribution in [0.2, 0.25) is 5.02 Å². The van der Waals surface area contributed by atoms with Gasteiger partial charge in [0.1, 0.15) is 11.4 Å². The lowest BCUT2D eigenvalue weighted by Crippen LogP contribution is -2.53. The molecule has 1 amide bonds. The maximum Gasteiger partial charge on any atom is 0.264 e. The Bertz CT molecular complexity index is 1820. The number of aldehydes is 1. The van der Waals surface area contributed by atoms with E-state index in [1.807, 2.05) is 25.1 Å². The highest BCUT2D eigenvalue weighted by molar-refractivity contribution is 7.90. The molecule has 0 radical (unpaired) electrons.